The number of nitrogens with zero attached hydrogens (tertiary/aromatic N) is 3. The minimum Gasteiger partial charge on any atom is -0.342 e. The zero-order valence-corrected chi connectivity index (χ0v) is 16.5. The highest BCUT2D eigenvalue weighted by Crippen LogP contribution is 2.50. The molecule has 0 radical (unpaired) electrons. The van der Waals surface area contributed by atoms with Gasteiger partial charge >= 0.3 is 0 Å². The van der Waals surface area contributed by atoms with Crippen LogP contribution in [-0.4, -0.2) is 72.0 Å². The predicted octanol–water partition coefficient (Wildman–Crippen LogP) is 2.83. The number of rotatable bonds is 3. The van der Waals surface area contributed by atoms with Gasteiger partial charge in [0.15, 0.2) is 0 Å². The van der Waals surface area contributed by atoms with Crippen LogP contribution in [0.5, 0.6) is 0 Å². The molecule has 4 nitrogen and oxygen atoms in total. The molecule has 0 bridgehead atoms. The molecule has 3 heterocycles. The average Bonchev–Trinajstić information content (AvgIpc) is 2.52. The summed E-state index contributed by atoms with van der Waals surface area (Å²) in [7, 11) is 0. The third kappa shape index (κ3) is 3.49. The second kappa shape index (κ2) is 6.84. The molecule has 0 N–H and O–H groups in total. The lowest BCUT2D eigenvalue weighted by Gasteiger charge is -2.61. The molecule has 4 fully saturated rings. The second-order valence-electron chi connectivity index (χ2n) is 9.82. The zero-order chi connectivity index (χ0) is 17.6. The van der Waals surface area contributed by atoms with Gasteiger partial charge in [-0.15, -0.1) is 0 Å². The van der Waals surface area contributed by atoms with E-state index >= 15 is 0 Å². The fourth-order valence-corrected chi connectivity index (χ4v) is 6.01. The maximum atomic E-state index is 11.4. The van der Waals surface area contributed by atoms with Crippen LogP contribution in [0.2, 0.25) is 0 Å². The third-order valence-electron chi connectivity index (χ3n) is 7.88. The molecule has 1 aliphatic carbocycles. The Balaban J connectivity index is 1.17. The van der Waals surface area contributed by atoms with Gasteiger partial charge in [-0.1, -0.05) is 13.8 Å². The fraction of sp³-hybridized carbons (Fsp3) is 0.952. The van der Waals surface area contributed by atoms with Crippen LogP contribution in [0, 0.1) is 17.3 Å². The molecule has 4 heteroatoms. The van der Waals surface area contributed by atoms with Gasteiger partial charge in [-0.2, -0.15) is 0 Å². The largest absolute Gasteiger partial charge is 0.342 e. The third-order valence-corrected chi connectivity index (χ3v) is 7.88. The Bertz CT molecular complexity index is 475. The van der Waals surface area contributed by atoms with Crippen molar-refractivity contribution in [2.24, 2.45) is 17.3 Å². The predicted molar refractivity (Wildman–Crippen MR) is 101 cm³/mol. The molecule has 3 saturated heterocycles. The summed E-state index contributed by atoms with van der Waals surface area (Å²) in [6, 6.07) is 1.65. The van der Waals surface area contributed by atoms with E-state index in [1.54, 1.807) is 6.92 Å². The van der Waals surface area contributed by atoms with Gasteiger partial charge < -0.3 is 14.7 Å². The Morgan fingerprint density at radius 1 is 0.880 bits per heavy atom. The van der Waals surface area contributed by atoms with Crippen molar-refractivity contribution in [2.45, 2.75) is 71.4 Å². The molecule has 4 rings (SSSR count). The lowest BCUT2D eigenvalue weighted by Crippen LogP contribution is -2.68. The minimum absolute atomic E-state index is 0.260. The van der Waals surface area contributed by atoms with E-state index in [9.17, 15) is 4.79 Å². The van der Waals surface area contributed by atoms with Crippen molar-refractivity contribution in [3.05, 3.63) is 0 Å². The van der Waals surface area contributed by atoms with Crippen LogP contribution in [-0.2, 0) is 4.79 Å². The fourth-order valence-electron chi connectivity index (χ4n) is 6.01. The van der Waals surface area contributed by atoms with Gasteiger partial charge in [-0.3, -0.25) is 4.79 Å². The normalized spacial score (nSPS) is 29.8. The number of hydrogen-bond donors (Lipinski definition) is 0. The van der Waals surface area contributed by atoms with Gasteiger partial charge in [0.25, 0.3) is 0 Å². The summed E-state index contributed by atoms with van der Waals surface area (Å²) < 4.78 is 0. The zero-order valence-electron chi connectivity index (χ0n) is 16.5. The molecule has 0 aromatic heterocycles. The Morgan fingerprint density at radius 2 is 1.40 bits per heavy atom. The highest BCUT2D eigenvalue weighted by atomic mass is 16.2. The van der Waals surface area contributed by atoms with Crippen molar-refractivity contribution in [3.63, 3.8) is 0 Å². The van der Waals surface area contributed by atoms with Gasteiger partial charge in [0.2, 0.25) is 5.91 Å². The molecule has 25 heavy (non-hydrogen) atoms. The summed E-state index contributed by atoms with van der Waals surface area (Å²) in [4.78, 5) is 19.0. The van der Waals surface area contributed by atoms with Gasteiger partial charge in [0, 0.05) is 37.5 Å². The van der Waals surface area contributed by atoms with E-state index in [-0.39, 0.29) is 5.91 Å². The molecule has 0 aromatic rings. The first-order chi connectivity index (χ1) is 12.0. The topological polar surface area (TPSA) is 26.8 Å². The number of piperidine rings is 2. The van der Waals surface area contributed by atoms with E-state index in [2.05, 4.69) is 23.6 Å². The van der Waals surface area contributed by atoms with Crippen molar-refractivity contribution in [3.8, 4) is 0 Å². The molecule has 1 amide bonds. The van der Waals surface area contributed by atoms with Gasteiger partial charge in [-0.25, -0.2) is 0 Å². The second-order valence-corrected chi connectivity index (χ2v) is 9.82. The van der Waals surface area contributed by atoms with Crippen molar-refractivity contribution < 1.29 is 4.79 Å². The van der Waals surface area contributed by atoms with Crippen LogP contribution in [0.1, 0.15) is 59.3 Å². The average molecular weight is 348 g/mol. The van der Waals surface area contributed by atoms with Gasteiger partial charge in [0.05, 0.1) is 0 Å². The summed E-state index contributed by atoms with van der Waals surface area (Å²) in [6.07, 6.45) is 8.23. The van der Waals surface area contributed by atoms with Crippen LogP contribution in [0.4, 0.5) is 0 Å². The molecule has 4 aliphatic rings. The minimum atomic E-state index is 0.260. The Morgan fingerprint density at radius 3 is 1.92 bits per heavy atom. The highest BCUT2D eigenvalue weighted by molar-refractivity contribution is 5.74. The number of likely N-dealkylation sites (tertiary alicyclic amines) is 3. The molecular formula is C21H37N3O. The smallest absolute Gasteiger partial charge is 0.219 e. The molecule has 0 aromatic carbocycles. The number of amides is 1. The Labute approximate surface area is 153 Å². The summed E-state index contributed by atoms with van der Waals surface area (Å²) in [5, 5.41) is 0. The number of hydrogen-bond acceptors (Lipinski definition) is 3. The summed E-state index contributed by atoms with van der Waals surface area (Å²) in [6.45, 7) is 13.8. The van der Waals surface area contributed by atoms with Crippen LogP contribution in [0.25, 0.3) is 0 Å². The Hall–Kier alpha value is -0.610. The number of carbonyl (C=O) groups excluding carboxylic acids is 1. The first-order valence-electron chi connectivity index (χ1n) is 10.7. The van der Waals surface area contributed by atoms with Crippen molar-refractivity contribution >= 4 is 5.91 Å². The Kier molecular flexibility index (Phi) is 4.87. The molecule has 1 saturated carbocycles. The molecule has 142 valence electrons. The van der Waals surface area contributed by atoms with E-state index in [0.717, 1.165) is 37.0 Å². The van der Waals surface area contributed by atoms with E-state index < -0.39 is 0 Å². The van der Waals surface area contributed by atoms with Gasteiger partial charge in [0.1, 0.15) is 0 Å². The van der Waals surface area contributed by atoms with Gasteiger partial charge in [-0.05, 0) is 76.5 Å². The van der Waals surface area contributed by atoms with E-state index in [1.165, 1.54) is 64.7 Å². The van der Waals surface area contributed by atoms with Crippen LogP contribution < -0.4 is 0 Å². The summed E-state index contributed by atoms with van der Waals surface area (Å²) >= 11 is 0. The van der Waals surface area contributed by atoms with E-state index in [0.29, 0.717) is 5.41 Å². The standard InChI is InChI=1S/C21H37N3O/c1-16(2)18-4-8-22(9-5-18)19-6-10-23(11-7-19)20-12-21(13-20)14-24(15-21)17(3)25/h16,18-20H,4-15H2,1-3H3. The van der Waals surface area contributed by atoms with Crippen molar-refractivity contribution in [1.29, 1.82) is 0 Å². The van der Waals surface area contributed by atoms with Crippen LogP contribution in [0.3, 0.4) is 0 Å². The lowest BCUT2D eigenvalue weighted by atomic mass is 9.60. The maximum Gasteiger partial charge on any atom is 0.219 e. The number of carbonyl (C=O) groups is 1. The van der Waals surface area contributed by atoms with Crippen LogP contribution >= 0.6 is 0 Å². The quantitative estimate of drug-likeness (QED) is 0.785. The van der Waals surface area contributed by atoms with E-state index in [1.807, 2.05) is 4.90 Å². The monoisotopic (exact) mass is 347 g/mol. The molecule has 0 unspecified atom stereocenters. The van der Waals surface area contributed by atoms with Crippen molar-refractivity contribution in [1.82, 2.24) is 14.7 Å². The first-order valence-corrected chi connectivity index (χ1v) is 10.7. The highest BCUT2D eigenvalue weighted by Gasteiger charge is 2.54. The molecular weight excluding hydrogens is 310 g/mol. The lowest BCUT2D eigenvalue weighted by molar-refractivity contribution is -0.156. The summed E-state index contributed by atoms with van der Waals surface area (Å²) in [5.41, 5.74) is 0.506. The summed E-state index contributed by atoms with van der Waals surface area (Å²) in [5.74, 6) is 2.08. The van der Waals surface area contributed by atoms with E-state index in [4.69, 9.17) is 0 Å². The first kappa shape index (κ1) is 17.8. The molecule has 1 spiro atoms. The maximum absolute atomic E-state index is 11.4. The molecule has 3 aliphatic heterocycles. The van der Waals surface area contributed by atoms with Crippen molar-refractivity contribution in [2.75, 3.05) is 39.3 Å². The SMILES string of the molecule is CC(=O)N1CC2(CC(N3CCC(N4CCC(C(C)C)CC4)CC3)C2)C1. The van der Waals surface area contributed by atoms with Crippen LogP contribution in [0.15, 0.2) is 0 Å². The molecule has 0 atom stereocenters.